The van der Waals surface area contributed by atoms with Crippen LogP contribution in [0.25, 0.3) is 0 Å². The van der Waals surface area contributed by atoms with Gasteiger partial charge in [0.15, 0.2) is 0 Å². The van der Waals surface area contributed by atoms with Crippen LogP contribution in [0, 0.1) is 5.92 Å². The molecule has 0 unspecified atom stereocenters. The minimum absolute atomic E-state index is 0.612. The molecule has 1 fully saturated rings. The van der Waals surface area contributed by atoms with Crippen molar-refractivity contribution in [1.29, 1.82) is 0 Å². The summed E-state index contributed by atoms with van der Waals surface area (Å²) in [6.45, 7) is 1.29. The normalized spacial score (nSPS) is 14.5. The molecule has 0 saturated heterocycles. The molecule has 0 amide bonds. The predicted octanol–water partition coefficient (Wildman–Crippen LogP) is 4.96. The Bertz CT molecular complexity index is 586. The third-order valence-electron chi connectivity index (χ3n) is 3.39. The van der Waals surface area contributed by atoms with Crippen molar-refractivity contribution < 1.29 is 9.47 Å². The monoisotopic (exact) mass is 280 g/mol. The van der Waals surface area contributed by atoms with Gasteiger partial charge in [-0.3, -0.25) is 0 Å². The van der Waals surface area contributed by atoms with Crippen LogP contribution in [-0.2, 0) is 11.3 Å². The number of hydrogen-bond acceptors (Lipinski definition) is 2. The van der Waals surface area contributed by atoms with E-state index in [1.165, 1.54) is 12.8 Å². The van der Waals surface area contributed by atoms with Gasteiger partial charge in [-0.25, -0.2) is 0 Å². The average molecular weight is 280 g/mol. The lowest BCUT2D eigenvalue weighted by Crippen LogP contribution is -1.93. The minimum Gasteiger partial charge on any atom is -0.457 e. The Kier molecular flexibility index (Phi) is 4.70. The molecule has 0 bridgehead atoms. The Hall–Kier alpha value is -2.06. The standard InChI is InChI=1S/C19H20O2/c1-2-8-18(9-3-1)21-19-10-4-6-17(14-19)15-20-13-5-7-16-11-12-16/h1-10,14,16H,11-13,15H2. The van der Waals surface area contributed by atoms with Crippen molar-refractivity contribution in [2.75, 3.05) is 6.61 Å². The Morgan fingerprint density at radius 2 is 1.76 bits per heavy atom. The first kappa shape index (κ1) is 13.9. The molecule has 2 nitrogen and oxygen atoms in total. The summed E-state index contributed by atoms with van der Waals surface area (Å²) < 4.78 is 11.5. The highest BCUT2D eigenvalue weighted by atomic mass is 16.5. The van der Waals surface area contributed by atoms with Crippen LogP contribution < -0.4 is 4.74 Å². The van der Waals surface area contributed by atoms with E-state index in [9.17, 15) is 0 Å². The Labute approximate surface area is 126 Å². The maximum Gasteiger partial charge on any atom is 0.127 e. The largest absolute Gasteiger partial charge is 0.457 e. The first-order chi connectivity index (χ1) is 10.4. The van der Waals surface area contributed by atoms with Crippen molar-refractivity contribution in [3.8, 4) is 11.5 Å². The van der Waals surface area contributed by atoms with Crippen molar-refractivity contribution in [2.45, 2.75) is 19.4 Å². The summed E-state index contributed by atoms with van der Waals surface area (Å²) in [7, 11) is 0. The average Bonchev–Trinajstić information content (AvgIpc) is 3.33. The fraction of sp³-hybridized carbons (Fsp3) is 0.263. The molecule has 3 rings (SSSR count). The van der Waals surface area contributed by atoms with Crippen LogP contribution in [0.4, 0.5) is 0 Å². The number of benzene rings is 2. The summed E-state index contributed by atoms with van der Waals surface area (Å²) in [5.74, 6) is 2.51. The number of hydrogen-bond donors (Lipinski definition) is 0. The second-order valence-corrected chi connectivity index (χ2v) is 5.34. The second-order valence-electron chi connectivity index (χ2n) is 5.34. The van der Waals surface area contributed by atoms with E-state index in [4.69, 9.17) is 9.47 Å². The van der Waals surface area contributed by atoms with E-state index in [1.807, 2.05) is 48.5 Å². The summed E-state index contributed by atoms with van der Waals surface area (Å²) in [5.41, 5.74) is 1.13. The fourth-order valence-corrected chi connectivity index (χ4v) is 2.10. The van der Waals surface area contributed by atoms with E-state index in [-0.39, 0.29) is 0 Å². The Morgan fingerprint density at radius 3 is 2.57 bits per heavy atom. The van der Waals surface area contributed by atoms with Crippen molar-refractivity contribution in [2.24, 2.45) is 5.92 Å². The molecule has 0 spiro atoms. The van der Waals surface area contributed by atoms with Crippen molar-refractivity contribution in [3.63, 3.8) is 0 Å². The van der Waals surface area contributed by atoms with Crippen LogP contribution in [0.15, 0.2) is 66.7 Å². The number of para-hydroxylation sites is 1. The third-order valence-corrected chi connectivity index (χ3v) is 3.39. The lowest BCUT2D eigenvalue weighted by Gasteiger charge is -2.07. The van der Waals surface area contributed by atoms with Crippen molar-refractivity contribution in [3.05, 3.63) is 72.3 Å². The lowest BCUT2D eigenvalue weighted by atomic mass is 10.2. The van der Waals surface area contributed by atoms with Gasteiger partial charge >= 0.3 is 0 Å². The number of rotatable bonds is 7. The molecule has 0 aliphatic heterocycles. The lowest BCUT2D eigenvalue weighted by molar-refractivity contribution is 0.148. The second kappa shape index (κ2) is 7.09. The number of allylic oxidation sites excluding steroid dienone is 1. The SMILES string of the molecule is C(=CC1CC1)COCc1cccc(Oc2ccccc2)c1. The smallest absolute Gasteiger partial charge is 0.127 e. The molecule has 0 N–H and O–H groups in total. The summed E-state index contributed by atoms with van der Waals surface area (Å²) in [6, 6.07) is 17.9. The van der Waals surface area contributed by atoms with Crippen LogP contribution in [0.1, 0.15) is 18.4 Å². The zero-order chi connectivity index (χ0) is 14.3. The van der Waals surface area contributed by atoms with E-state index in [1.54, 1.807) is 0 Å². The molecule has 2 aromatic rings. The van der Waals surface area contributed by atoms with Gasteiger partial charge in [0.1, 0.15) is 11.5 Å². The highest BCUT2D eigenvalue weighted by molar-refractivity contribution is 5.33. The maximum absolute atomic E-state index is 5.82. The first-order valence-corrected chi connectivity index (χ1v) is 7.46. The molecule has 108 valence electrons. The van der Waals surface area contributed by atoms with Crippen LogP contribution in [0.3, 0.4) is 0 Å². The van der Waals surface area contributed by atoms with Crippen molar-refractivity contribution >= 4 is 0 Å². The Balaban J connectivity index is 1.50. The van der Waals surface area contributed by atoms with Gasteiger partial charge in [-0.2, -0.15) is 0 Å². The molecule has 21 heavy (non-hydrogen) atoms. The molecule has 2 aromatic carbocycles. The molecule has 1 aliphatic carbocycles. The Morgan fingerprint density at radius 1 is 0.952 bits per heavy atom. The fourth-order valence-electron chi connectivity index (χ4n) is 2.10. The van der Waals surface area contributed by atoms with Crippen LogP contribution in [0.5, 0.6) is 11.5 Å². The number of ether oxygens (including phenoxy) is 2. The van der Waals surface area contributed by atoms with E-state index in [0.29, 0.717) is 13.2 Å². The van der Waals surface area contributed by atoms with Gasteiger partial charge in [0, 0.05) is 0 Å². The highest BCUT2D eigenvalue weighted by Gasteiger charge is 2.16. The molecular weight excluding hydrogens is 260 g/mol. The summed E-state index contributed by atoms with van der Waals surface area (Å²) in [4.78, 5) is 0. The van der Waals surface area contributed by atoms with E-state index < -0.39 is 0 Å². The summed E-state index contributed by atoms with van der Waals surface area (Å²) >= 11 is 0. The van der Waals surface area contributed by atoms with E-state index >= 15 is 0 Å². The molecule has 0 aromatic heterocycles. The summed E-state index contributed by atoms with van der Waals surface area (Å²) in [6.07, 6.45) is 7.07. The predicted molar refractivity (Wildman–Crippen MR) is 84.5 cm³/mol. The molecule has 1 aliphatic rings. The maximum atomic E-state index is 5.82. The highest BCUT2D eigenvalue weighted by Crippen LogP contribution is 2.29. The van der Waals surface area contributed by atoms with Gasteiger partial charge in [-0.1, -0.05) is 42.5 Å². The van der Waals surface area contributed by atoms with E-state index in [0.717, 1.165) is 23.0 Å². The van der Waals surface area contributed by atoms with Gasteiger partial charge in [0.25, 0.3) is 0 Å². The van der Waals surface area contributed by atoms with Crippen LogP contribution in [0.2, 0.25) is 0 Å². The van der Waals surface area contributed by atoms with Gasteiger partial charge in [0.05, 0.1) is 13.2 Å². The first-order valence-electron chi connectivity index (χ1n) is 7.46. The summed E-state index contributed by atoms with van der Waals surface area (Å²) in [5, 5.41) is 0. The topological polar surface area (TPSA) is 18.5 Å². The quantitative estimate of drug-likeness (QED) is 0.527. The zero-order valence-corrected chi connectivity index (χ0v) is 12.1. The van der Waals surface area contributed by atoms with Gasteiger partial charge in [-0.05, 0) is 48.6 Å². The molecule has 2 heteroatoms. The zero-order valence-electron chi connectivity index (χ0n) is 12.1. The van der Waals surface area contributed by atoms with Crippen LogP contribution >= 0.6 is 0 Å². The molecular formula is C19H20O2. The minimum atomic E-state index is 0.612. The third kappa shape index (κ3) is 4.76. The van der Waals surface area contributed by atoms with Crippen LogP contribution in [-0.4, -0.2) is 6.61 Å². The van der Waals surface area contributed by atoms with Crippen molar-refractivity contribution in [1.82, 2.24) is 0 Å². The van der Waals surface area contributed by atoms with E-state index in [2.05, 4.69) is 18.2 Å². The molecule has 0 atom stereocenters. The molecule has 0 radical (unpaired) electrons. The van der Waals surface area contributed by atoms with Gasteiger partial charge in [0.2, 0.25) is 0 Å². The van der Waals surface area contributed by atoms with Gasteiger partial charge in [-0.15, -0.1) is 0 Å². The van der Waals surface area contributed by atoms with Gasteiger partial charge < -0.3 is 9.47 Å². The molecule has 1 saturated carbocycles. The molecule has 0 heterocycles.